The topological polar surface area (TPSA) is 72.5 Å². The van der Waals surface area contributed by atoms with Crippen LogP contribution in [0.4, 0.5) is 0 Å². The van der Waals surface area contributed by atoms with Crippen LogP contribution in [0.3, 0.4) is 0 Å². The zero-order chi connectivity index (χ0) is 39.3. The molecule has 1 aliphatic heterocycles. The van der Waals surface area contributed by atoms with Gasteiger partial charge in [0.25, 0.3) is 0 Å². The van der Waals surface area contributed by atoms with Gasteiger partial charge in [-0.15, -0.1) is 12.3 Å². The van der Waals surface area contributed by atoms with Gasteiger partial charge in [0.2, 0.25) is 0 Å². The van der Waals surface area contributed by atoms with E-state index < -0.39 is 19.5 Å². The maximum Gasteiger partial charge on any atom is 0.311 e. The van der Waals surface area contributed by atoms with Gasteiger partial charge in [-0.3, -0.25) is 4.79 Å². The van der Waals surface area contributed by atoms with Crippen LogP contribution in [-0.4, -0.2) is 58.2 Å². The number of methoxy groups -OCH3 is 1. The Morgan fingerprint density at radius 1 is 0.981 bits per heavy atom. The summed E-state index contributed by atoms with van der Waals surface area (Å²) in [6, 6.07) is 11.3. The predicted molar refractivity (Wildman–Crippen MR) is 216 cm³/mol. The lowest BCUT2D eigenvalue weighted by atomic mass is 9.77. The maximum absolute atomic E-state index is 12.7. The Kier molecular flexibility index (Phi) is 18.9. The van der Waals surface area contributed by atoms with Crippen molar-refractivity contribution in [3.63, 3.8) is 0 Å². The number of carbonyl (C=O) groups excluding carboxylic acids is 1. The monoisotopic (exact) mass is 745 g/mol. The molecule has 1 aliphatic rings. The van der Waals surface area contributed by atoms with Crippen LogP contribution in [0.15, 0.2) is 24.3 Å². The fourth-order valence-electron chi connectivity index (χ4n) is 7.80. The predicted octanol–water partition coefficient (Wildman–Crippen LogP) is 10.8. The van der Waals surface area contributed by atoms with E-state index in [0.29, 0.717) is 19.1 Å². The van der Waals surface area contributed by atoms with Crippen molar-refractivity contribution in [2.24, 2.45) is 35.0 Å². The second kappa shape index (κ2) is 21.3. The lowest BCUT2D eigenvalue weighted by Gasteiger charge is -2.48. The van der Waals surface area contributed by atoms with E-state index in [0.717, 1.165) is 61.5 Å². The van der Waals surface area contributed by atoms with Crippen molar-refractivity contribution >= 4 is 14.3 Å². The molecule has 0 amide bonds. The average molecular weight is 745 g/mol. The lowest BCUT2D eigenvalue weighted by Crippen LogP contribution is -2.54. The van der Waals surface area contributed by atoms with E-state index in [-0.39, 0.29) is 54.1 Å². The summed E-state index contributed by atoms with van der Waals surface area (Å²) in [5.41, 5.74) is 0.568. The van der Waals surface area contributed by atoms with E-state index in [4.69, 9.17) is 34.5 Å². The summed E-state index contributed by atoms with van der Waals surface area (Å²) < 4.78 is 39.2. The second-order valence-electron chi connectivity index (χ2n) is 17.2. The summed E-state index contributed by atoms with van der Waals surface area (Å²) in [4.78, 5) is 12.7. The van der Waals surface area contributed by atoms with Crippen molar-refractivity contribution in [1.29, 1.82) is 0 Å². The van der Waals surface area contributed by atoms with E-state index in [2.05, 4.69) is 73.4 Å². The summed E-state index contributed by atoms with van der Waals surface area (Å²) in [5.74, 6) is 3.62. The molecule has 1 heterocycles. The molecule has 0 aliphatic carbocycles. The van der Waals surface area contributed by atoms with Crippen molar-refractivity contribution in [1.82, 2.24) is 0 Å². The van der Waals surface area contributed by atoms with Crippen molar-refractivity contribution in [3.05, 3.63) is 29.8 Å². The molecule has 0 unspecified atom stereocenters. The van der Waals surface area contributed by atoms with Gasteiger partial charge in [0, 0.05) is 24.7 Å². The SMILES string of the molecule is C#CCC[C@H](C)[C@@H]1C[C@@H]([C@H](C)[C@H](OCc2ccc(OC)cc2)[C@H](C)[C@@H](O[Si](CC)(CC)CC)[C@@H](C)C[C@H](CC)COC(=O)C(C)(C)C)OC(C)(C)O1. The van der Waals surface area contributed by atoms with Gasteiger partial charge in [0.05, 0.1) is 50.2 Å². The van der Waals surface area contributed by atoms with Crippen molar-refractivity contribution in [2.75, 3.05) is 13.7 Å². The first kappa shape index (κ1) is 46.3. The molecule has 0 radical (unpaired) electrons. The minimum atomic E-state index is -2.03. The molecule has 0 spiro atoms. The van der Waals surface area contributed by atoms with Crippen LogP contribution in [0.25, 0.3) is 0 Å². The van der Waals surface area contributed by atoms with Crippen LogP contribution in [0.1, 0.15) is 128 Å². The van der Waals surface area contributed by atoms with Gasteiger partial charge in [-0.05, 0) is 101 Å². The van der Waals surface area contributed by atoms with Gasteiger partial charge in [-0.25, -0.2) is 0 Å². The molecule has 7 nitrogen and oxygen atoms in total. The average Bonchev–Trinajstić information content (AvgIpc) is 3.11. The van der Waals surface area contributed by atoms with Crippen molar-refractivity contribution in [2.45, 2.75) is 177 Å². The normalized spacial score (nSPS) is 21.9. The smallest absolute Gasteiger partial charge is 0.311 e. The number of esters is 1. The second-order valence-corrected chi connectivity index (χ2v) is 21.9. The highest BCUT2D eigenvalue weighted by atomic mass is 28.4. The van der Waals surface area contributed by atoms with E-state index in [1.165, 1.54) is 0 Å². The highest BCUT2D eigenvalue weighted by Crippen LogP contribution is 2.41. The first-order chi connectivity index (χ1) is 24.4. The zero-order valence-corrected chi connectivity index (χ0v) is 36.5. The summed E-state index contributed by atoms with van der Waals surface area (Å²) in [7, 11) is -0.343. The van der Waals surface area contributed by atoms with Gasteiger partial charge in [-0.1, -0.05) is 73.9 Å². The maximum atomic E-state index is 12.7. The minimum Gasteiger partial charge on any atom is -0.497 e. The Hall–Kier alpha value is -1.89. The Morgan fingerprint density at radius 3 is 2.10 bits per heavy atom. The Bertz CT molecular complexity index is 1210. The molecule has 2 rings (SSSR count). The van der Waals surface area contributed by atoms with Crippen LogP contribution in [-0.2, 0) is 34.8 Å². The summed E-state index contributed by atoms with van der Waals surface area (Å²) in [5, 5.41) is 0. The number of hydrogen-bond acceptors (Lipinski definition) is 7. The minimum absolute atomic E-state index is 0.0366. The summed E-state index contributed by atoms with van der Waals surface area (Å²) >= 11 is 0. The van der Waals surface area contributed by atoms with Crippen LogP contribution in [0.2, 0.25) is 18.1 Å². The fraction of sp³-hybridized carbons (Fsp3) is 0.795. The molecule has 298 valence electrons. The third-order valence-corrected chi connectivity index (χ3v) is 16.3. The molecule has 0 N–H and O–H groups in total. The molecule has 52 heavy (non-hydrogen) atoms. The molecule has 0 saturated carbocycles. The summed E-state index contributed by atoms with van der Waals surface area (Å²) in [6.07, 6.45) is 9.67. The summed E-state index contributed by atoms with van der Waals surface area (Å²) in [6.45, 7) is 28.9. The lowest BCUT2D eigenvalue weighted by molar-refractivity contribution is -0.320. The quantitative estimate of drug-likeness (QED) is 0.0665. The number of hydrogen-bond donors (Lipinski definition) is 0. The number of ether oxygens (including phenoxy) is 5. The van der Waals surface area contributed by atoms with E-state index in [9.17, 15) is 4.79 Å². The molecule has 0 aromatic heterocycles. The van der Waals surface area contributed by atoms with E-state index >= 15 is 0 Å². The number of terminal acetylenes is 1. The molecule has 0 bridgehead atoms. The molecule has 8 heteroatoms. The van der Waals surface area contributed by atoms with Gasteiger partial charge < -0.3 is 28.1 Å². The van der Waals surface area contributed by atoms with Gasteiger partial charge in [0.1, 0.15) is 5.75 Å². The van der Waals surface area contributed by atoms with Crippen LogP contribution < -0.4 is 4.74 Å². The molecule has 1 saturated heterocycles. The highest BCUT2D eigenvalue weighted by molar-refractivity contribution is 6.73. The molecule has 1 aromatic rings. The number of carbonyl (C=O) groups is 1. The van der Waals surface area contributed by atoms with E-state index in [1.54, 1.807) is 7.11 Å². The largest absolute Gasteiger partial charge is 0.497 e. The zero-order valence-electron chi connectivity index (χ0n) is 35.5. The van der Waals surface area contributed by atoms with Crippen LogP contribution >= 0.6 is 0 Å². The van der Waals surface area contributed by atoms with Crippen molar-refractivity contribution in [3.8, 4) is 18.1 Å². The molecule has 1 fully saturated rings. The first-order valence-electron chi connectivity index (χ1n) is 20.3. The first-order valence-corrected chi connectivity index (χ1v) is 22.8. The van der Waals surface area contributed by atoms with Crippen LogP contribution in [0.5, 0.6) is 5.75 Å². The van der Waals surface area contributed by atoms with Crippen molar-refractivity contribution < 1.29 is 32.9 Å². The Labute approximate surface area is 320 Å². The van der Waals surface area contributed by atoms with Crippen LogP contribution in [0, 0.1) is 47.3 Å². The van der Waals surface area contributed by atoms with Gasteiger partial charge in [-0.2, -0.15) is 0 Å². The van der Waals surface area contributed by atoms with Gasteiger partial charge in [0.15, 0.2) is 14.1 Å². The van der Waals surface area contributed by atoms with E-state index in [1.807, 2.05) is 46.8 Å². The molecular weight excluding hydrogens is 669 g/mol. The standard InChI is InChI=1S/C44H76O7Si/c1-16-21-22-31(6)38-28-39(50-44(13,14)49-38)33(8)41(47-30-36-23-25-37(46-15)26-24-36)34(9)40(51-52(18-3,19-4)20-5)32(7)27-35(17-2)29-48-42(45)43(10,11)12/h1,23-26,31-35,38-41H,17-22,27-30H2,2-15H3/t31-,32-,33-,34+,35-,38-,39-,40-,41-/m0/s1. The molecule has 9 atom stereocenters. The third-order valence-electron chi connectivity index (χ3n) is 11.7. The Morgan fingerprint density at radius 2 is 1.58 bits per heavy atom. The third kappa shape index (κ3) is 13.8. The number of benzene rings is 1. The highest BCUT2D eigenvalue weighted by Gasteiger charge is 2.46. The van der Waals surface area contributed by atoms with Gasteiger partial charge >= 0.3 is 5.97 Å². The fourth-order valence-corrected chi connectivity index (χ4v) is 10.8. The Balaban J connectivity index is 2.54. The molecule has 1 aromatic carbocycles. The number of rotatable bonds is 22. The molecular formula is C44H76O7Si.